The van der Waals surface area contributed by atoms with Crippen LogP contribution in [0.3, 0.4) is 0 Å². The number of aromatic nitrogens is 4. The topological polar surface area (TPSA) is 128 Å². The van der Waals surface area contributed by atoms with Crippen LogP contribution in [0, 0.1) is 0 Å². The van der Waals surface area contributed by atoms with Gasteiger partial charge in [-0.1, -0.05) is 0 Å². The van der Waals surface area contributed by atoms with E-state index in [9.17, 15) is 4.79 Å². The van der Waals surface area contributed by atoms with Gasteiger partial charge in [0.15, 0.2) is 5.75 Å². The highest BCUT2D eigenvalue weighted by Crippen LogP contribution is 2.27. The second-order valence-corrected chi connectivity index (χ2v) is 5.15. The predicted octanol–water partition coefficient (Wildman–Crippen LogP) is 1.88. The summed E-state index contributed by atoms with van der Waals surface area (Å²) in [7, 11) is 0. The van der Waals surface area contributed by atoms with Crippen molar-refractivity contribution in [3.63, 3.8) is 0 Å². The molecule has 0 fully saturated rings. The summed E-state index contributed by atoms with van der Waals surface area (Å²) in [5, 5.41) is 15.6. The summed E-state index contributed by atoms with van der Waals surface area (Å²) in [4.78, 5) is 18.8. The quantitative estimate of drug-likeness (QED) is 0.708. The standard InChI is InChI=1S/C11H13BrN6O3/c1-5(2)15-9-7(12)8(13)16-10(17-9)18-4-6(3-14-18)21-11(19)20/h3-5H,1-2H3,(H,19,20)(H3,13,15,16,17). The van der Waals surface area contributed by atoms with E-state index in [0.29, 0.717) is 10.3 Å². The third-order valence-corrected chi connectivity index (χ3v) is 3.04. The minimum absolute atomic E-state index is 0.0611. The number of carbonyl (C=O) groups is 1. The Hall–Kier alpha value is -2.36. The van der Waals surface area contributed by atoms with Crippen LogP contribution in [0.2, 0.25) is 0 Å². The molecule has 0 spiro atoms. The smallest absolute Gasteiger partial charge is 0.449 e. The first-order valence-corrected chi connectivity index (χ1v) is 6.71. The van der Waals surface area contributed by atoms with Gasteiger partial charge < -0.3 is 20.9 Å². The van der Waals surface area contributed by atoms with Crippen molar-refractivity contribution in [2.75, 3.05) is 11.1 Å². The first-order chi connectivity index (χ1) is 9.86. The van der Waals surface area contributed by atoms with Crippen LogP contribution in [0.1, 0.15) is 13.8 Å². The van der Waals surface area contributed by atoms with Crippen molar-refractivity contribution in [2.24, 2.45) is 0 Å². The van der Waals surface area contributed by atoms with Crippen molar-refractivity contribution < 1.29 is 14.6 Å². The monoisotopic (exact) mass is 356 g/mol. The van der Waals surface area contributed by atoms with Crippen molar-refractivity contribution >= 4 is 33.7 Å². The number of rotatable bonds is 4. The molecule has 112 valence electrons. The number of nitrogen functional groups attached to an aromatic ring is 1. The lowest BCUT2D eigenvalue weighted by Gasteiger charge is -2.13. The Bertz CT molecular complexity index is 672. The van der Waals surface area contributed by atoms with Gasteiger partial charge in [-0.15, -0.1) is 0 Å². The minimum atomic E-state index is -1.42. The van der Waals surface area contributed by atoms with Gasteiger partial charge in [-0.2, -0.15) is 15.1 Å². The summed E-state index contributed by atoms with van der Waals surface area (Å²) >= 11 is 3.31. The van der Waals surface area contributed by atoms with Crippen LogP contribution in [0.25, 0.3) is 5.95 Å². The Morgan fingerprint density at radius 2 is 2.24 bits per heavy atom. The maximum atomic E-state index is 10.5. The molecule has 0 saturated heterocycles. The van der Waals surface area contributed by atoms with Crippen molar-refractivity contribution in [3.05, 3.63) is 16.9 Å². The normalized spacial score (nSPS) is 10.7. The molecule has 4 N–H and O–H groups in total. The van der Waals surface area contributed by atoms with E-state index in [4.69, 9.17) is 10.8 Å². The van der Waals surface area contributed by atoms with Crippen LogP contribution in [0.4, 0.5) is 16.4 Å². The third kappa shape index (κ3) is 3.60. The van der Waals surface area contributed by atoms with Gasteiger partial charge in [0.05, 0.1) is 12.4 Å². The zero-order chi connectivity index (χ0) is 15.6. The van der Waals surface area contributed by atoms with E-state index in [1.54, 1.807) is 0 Å². The molecule has 2 rings (SSSR count). The molecule has 0 radical (unpaired) electrons. The van der Waals surface area contributed by atoms with Crippen LogP contribution in [-0.4, -0.2) is 37.1 Å². The van der Waals surface area contributed by atoms with Gasteiger partial charge in [-0.05, 0) is 29.8 Å². The molecule has 10 heteroatoms. The molecule has 21 heavy (non-hydrogen) atoms. The lowest BCUT2D eigenvalue weighted by Crippen LogP contribution is -2.15. The second kappa shape index (κ2) is 5.95. The summed E-state index contributed by atoms with van der Waals surface area (Å²) in [6.07, 6.45) is 1.16. The van der Waals surface area contributed by atoms with Gasteiger partial charge in [-0.25, -0.2) is 9.48 Å². The molecule has 0 bridgehead atoms. The highest BCUT2D eigenvalue weighted by Gasteiger charge is 2.14. The molecule has 0 aliphatic rings. The largest absolute Gasteiger partial charge is 0.511 e. The number of nitrogens with one attached hydrogen (secondary N) is 1. The summed E-state index contributed by atoms with van der Waals surface area (Å²) in [5.74, 6) is 1.01. The molecule has 0 saturated carbocycles. The molecular weight excluding hydrogens is 344 g/mol. The van der Waals surface area contributed by atoms with Crippen molar-refractivity contribution in [3.8, 4) is 11.7 Å². The fraction of sp³-hybridized carbons (Fsp3) is 0.273. The summed E-state index contributed by atoms with van der Waals surface area (Å²) in [6, 6.07) is 0.145. The third-order valence-electron chi connectivity index (χ3n) is 2.26. The van der Waals surface area contributed by atoms with E-state index in [1.165, 1.54) is 17.1 Å². The van der Waals surface area contributed by atoms with E-state index >= 15 is 0 Å². The van der Waals surface area contributed by atoms with Gasteiger partial charge in [-0.3, -0.25) is 0 Å². The van der Waals surface area contributed by atoms with E-state index in [-0.39, 0.29) is 23.6 Å². The fourth-order valence-corrected chi connectivity index (χ4v) is 1.78. The highest BCUT2D eigenvalue weighted by molar-refractivity contribution is 9.10. The number of ether oxygens (including phenoxy) is 1. The van der Waals surface area contributed by atoms with E-state index in [2.05, 4.69) is 41.1 Å². The Morgan fingerprint density at radius 3 is 2.86 bits per heavy atom. The lowest BCUT2D eigenvalue weighted by molar-refractivity contribution is 0.144. The van der Waals surface area contributed by atoms with Gasteiger partial charge >= 0.3 is 6.16 Å². The zero-order valence-electron chi connectivity index (χ0n) is 11.2. The molecule has 0 aliphatic carbocycles. The van der Waals surface area contributed by atoms with E-state index in [0.717, 1.165) is 0 Å². The number of anilines is 2. The summed E-state index contributed by atoms with van der Waals surface area (Å²) in [5.41, 5.74) is 5.82. The Balaban J connectivity index is 2.37. The van der Waals surface area contributed by atoms with Gasteiger partial charge in [0.25, 0.3) is 5.95 Å². The van der Waals surface area contributed by atoms with Crippen molar-refractivity contribution in [1.82, 2.24) is 19.7 Å². The Kier molecular flexibility index (Phi) is 4.26. The van der Waals surface area contributed by atoms with Crippen LogP contribution < -0.4 is 15.8 Å². The predicted molar refractivity (Wildman–Crippen MR) is 78.7 cm³/mol. The summed E-state index contributed by atoms with van der Waals surface area (Å²) in [6.45, 7) is 3.91. The Labute approximate surface area is 128 Å². The minimum Gasteiger partial charge on any atom is -0.449 e. The molecule has 0 atom stereocenters. The first-order valence-electron chi connectivity index (χ1n) is 5.92. The van der Waals surface area contributed by atoms with Gasteiger partial charge in [0.1, 0.15) is 16.1 Å². The number of halogens is 1. The number of nitrogens with zero attached hydrogens (tertiary/aromatic N) is 4. The van der Waals surface area contributed by atoms with E-state index < -0.39 is 6.16 Å². The maximum absolute atomic E-state index is 10.5. The SMILES string of the molecule is CC(C)Nc1nc(-n2cc(OC(=O)O)cn2)nc(N)c1Br. The van der Waals surface area contributed by atoms with Crippen LogP contribution in [0.15, 0.2) is 16.9 Å². The zero-order valence-corrected chi connectivity index (χ0v) is 12.8. The molecule has 0 unspecified atom stereocenters. The number of hydrogen-bond donors (Lipinski definition) is 3. The molecule has 9 nitrogen and oxygen atoms in total. The molecular formula is C11H13BrN6O3. The fourth-order valence-electron chi connectivity index (χ4n) is 1.49. The van der Waals surface area contributed by atoms with Crippen LogP contribution in [-0.2, 0) is 0 Å². The average Bonchev–Trinajstić information content (AvgIpc) is 2.81. The molecule has 0 amide bonds. The maximum Gasteiger partial charge on any atom is 0.511 e. The van der Waals surface area contributed by atoms with Crippen molar-refractivity contribution in [1.29, 1.82) is 0 Å². The average molecular weight is 357 g/mol. The van der Waals surface area contributed by atoms with Gasteiger partial charge in [0, 0.05) is 6.04 Å². The number of carboxylic acid groups (broad SMARTS) is 1. The lowest BCUT2D eigenvalue weighted by atomic mass is 10.4. The highest BCUT2D eigenvalue weighted by atomic mass is 79.9. The summed E-state index contributed by atoms with van der Waals surface area (Å²) < 4.78 is 6.31. The van der Waals surface area contributed by atoms with E-state index in [1.807, 2.05) is 13.8 Å². The van der Waals surface area contributed by atoms with Crippen molar-refractivity contribution in [2.45, 2.75) is 19.9 Å². The molecule has 2 heterocycles. The van der Waals surface area contributed by atoms with Gasteiger partial charge in [0.2, 0.25) is 0 Å². The number of hydrogen-bond acceptors (Lipinski definition) is 7. The molecule has 0 aromatic carbocycles. The second-order valence-electron chi connectivity index (χ2n) is 4.36. The number of nitrogens with two attached hydrogens (primary N) is 1. The first kappa shape index (κ1) is 15.0. The molecule has 2 aromatic rings. The molecule has 0 aliphatic heterocycles. The Morgan fingerprint density at radius 1 is 1.52 bits per heavy atom. The van der Waals surface area contributed by atoms with Crippen LogP contribution >= 0.6 is 15.9 Å². The molecule has 2 aromatic heterocycles. The van der Waals surface area contributed by atoms with Crippen LogP contribution in [0.5, 0.6) is 5.75 Å².